The lowest BCUT2D eigenvalue weighted by Crippen LogP contribution is -2.36. The molecule has 1 fully saturated rings. The Morgan fingerprint density at radius 1 is 1.17 bits per heavy atom. The van der Waals surface area contributed by atoms with Crippen LogP contribution in [-0.4, -0.2) is 51.9 Å². The fourth-order valence-corrected chi connectivity index (χ4v) is 5.38. The molecule has 2 rings (SSSR count). The maximum absolute atomic E-state index is 12.7. The second-order valence-electron chi connectivity index (χ2n) is 5.61. The van der Waals surface area contributed by atoms with Crippen molar-refractivity contribution in [1.29, 1.82) is 0 Å². The van der Waals surface area contributed by atoms with E-state index in [1.807, 2.05) is 4.72 Å². The van der Waals surface area contributed by atoms with Crippen LogP contribution in [0.15, 0.2) is 28.0 Å². The average molecular weight is 376 g/mol. The van der Waals surface area contributed by atoms with Gasteiger partial charge >= 0.3 is 5.97 Å². The molecule has 0 aromatic heterocycles. The van der Waals surface area contributed by atoms with E-state index in [-0.39, 0.29) is 9.79 Å². The van der Waals surface area contributed by atoms with E-state index in [4.69, 9.17) is 5.11 Å². The van der Waals surface area contributed by atoms with Gasteiger partial charge in [0.05, 0.1) is 9.79 Å². The lowest BCUT2D eigenvalue weighted by atomic mass is 10.2. The first kappa shape index (κ1) is 18.8. The highest BCUT2D eigenvalue weighted by Crippen LogP contribution is 2.24. The van der Waals surface area contributed by atoms with Crippen molar-refractivity contribution < 1.29 is 26.7 Å². The highest BCUT2D eigenvalue weighted by Gasteiger charge is 2.28. The number of carboxylic acid groups (broad SMARTS) is 1. The topological polar surface area (TPSA) is 121 Å². The molecular formula is C14H20N2O6S2. The van der Waals surface area contributed by atoms with Gasteiger partial charge in [-0.25, -0.2) is 16.8 Å². The van der Waals surface area contributed by atoms with Crippen LogP contribution in [0.1, 0.15) is 24.8 Å². The number of aliphatic carboxylic acids is 1. The van der Waals surface area contributed by atoms with Gasteiger partial charge in [0.25, 0.3) is 0 Å². The molecule has 2 N–H and O–H groups in total. The number of hydrogen-bond donors (Lipinski definition) is 2. The molecule has 1 aromatic carbocycles. The van der Waals surface area contributed by atoms with E-state index in [9.17, 15) is 21.6 Å². The molecule has 24 heavy (non-hydrogen) atoms. The monoisotopic (exact) mass is 376 g/mol. The number of nitrogens with one attached hydrogen (secondary N) is 1. The van der Waals surface area contributed by atoms with E-state index in [1.54, 1.807) is 0 Å². The number of hydrogen-bond acceptors (Lipinski definition) is 5. The summed E-state index contributed by atoms with van der Waals surface area (Å²) >= 11 is 0. The summed E-state index contributed by atoms with van der Waals surface area (Å²) in [6, 6.07) is 3.87. The first-order valence-electron chi connectivity index (χ1n) is 7.47. The van der Waals surface area contributed by atoms with Gasteiger partial charge < -0.3 is 5.11 Å². The van der Waals surface area contributed by atoms with Gasteiger partial charge in [-0.3, -0.25) is 4.79 Å². The third-order valence-electron chi connectivity index (χ3n) is 3.82. The zero-order chi connectivity index (χ0) is 18.0. The van der Waals surface area contributed by atoms with Gasteiger partial charge in [0.15, 0.2) is 0 Å². The summed E-state index contributed by atoms with van der Waals surface area (Å²) < 4.78 is 53.1. The minimum absolute atomic E-state index is 0.106. The van der Waals surface area contributed by atoms with Crippen molar-refractivity contribution in [2.75, 3.05) is 19.6 Å². The summed E-state index contributed by atoms with van der Waals surface area (Å²) in [4.78, 5) is 10.2. The van der Waals surface area contributed by atoms with Crippen molar-refractivity contribution in [3.63, 3.8) is 0 Å². The van der Waals surface area contributed by atoms with Crippen LogP contribution in [0.5, 0.6) is 0 Å². The third kappa shape index (κ3) is 4.12. The number of carboxylic acids is 1. The van der Waals surface area contributed by atoms with Crippen LogP contribution in [0.25, 0.3) is 0 Å². The fourth-order valence-electron chi connectivity index (χ4n) is 2.52. The maximum atomic E-state index is 12.7. The minimum Gasteiger partial charge on any atom is -0.480 e. The van der Waals surface area contributed by atoms with E-state index < -0.39 is 32.6 Å². The summed E-state index contributed by atoms with van der Waals surface area (Å²) in [6.07, 6.45) is 2.52. The summed E-state index contributed by atoms with van der Waals surface area (Å²) in [5, 5.41) is 8.62. The molecule has 0 amide bonds. The summed E-state index contributed by atoms with van der Waals surface area (Å²) in [5.74, 6) is -1.33. The van der Waals surface area contributed by atoms with Gasteiger partial charge in [0, 0.05) is 13.1 Å². The van der Waals surface area contributed by atoms with Crippen LogP contribution in [-0.2, 0) is 24.8 Å². The molecule has 1 aliphatic heterocycles. The van der Waals surface area contributed by atoms with Crippen molar-refractivity contribution in [3.05, 3.63) is 23.8 Å². The van der Waals surface area contributed by atoms with Crippen LogP contribution < -0.4 is 4.72 Å². The Bertz CT molecular complexity index is 827. The Hall–Kier alpha value is -1.49. The lowest BCUT2D eigenvalue weighted by Gasteiger charge is -2.26. The molecule has 0 spiro atoms. The standard InChI is InChI=1S/C14H20N2O6S2/c1-11-5-6-12(24(21,22)16-7-3-2-4-8-16)9-13(11)23(19,20)15-10-14(17)18/h5-6,9,15H,2-4,7-8,10H2,1H3,(H,17,18). The first-order chi connectivity index (χ1) is 11.1. The predicted octanol–water partition coefficient (Wildman–Crippen LogP) is 0.533. The number of sulfonamides is 2. The second kappa shape index (κ2) is 7.18. The molecular weight excluding hydrogens is 356 g/mol. The van der Waals surface area contributed by atoms with Gasteiger partial charge in [0.2, 0.25) is 20.0 Å². The summed E-state index contributed by atoms with van der Waals surface area (Å²) in [6.45, 7) is 1.57. The van der Waals surface area contributed by atoms with E-state index in [0.29, 0.717) is 18.7 Å². The minimum atomic E-state index is -4.11. The molecule has 0 saturated carbocycles. The Morgan fingerprint density at radius 3 is 2.38 bits per heavy atom. The molecule has 0 radical (unpaired) electrons. The highest BCUT2D eigenvalue weighted by atomic mass is 32.2. The molecule has 0 unspecified atom stereocenters. The number of benzene rings is 1. The van der Waals surface area contributed by atoms with Crippen LogP contribution in [0.2, 0.25) is 0 Å². The first-order valence-corrected chi connectivity index (χ1v) is 10.4. The smallest absolute Gasteiger partial charge is 0.318 e. The maximum Gasteiger partial charge on any atom is 0.318 e. The third-order valence-corrected chi connectivity index (χ3v) is 7.25. The Balaban J connectivity index is 2.39. The Labute approximate surface area is 141 Å². The van der Waals surface area contributed by atoms with E-state index in [0.717, 1.165) is 25.3 Å². The molecule has 1 heterocycles. The molecule has 10 heteroatoms. The van der Waals surface area contributed by atoms with Crippen molar-refractivity contribution in [3.8, 4) is 0 Å². The van der Waals surface area contributed by atoms with Gasteiger partial charge in [0.1, 0.15) is 6.54 Å². The van der Waals surface area contributed by atoms with Crippen molar-refractivity contribution in [2.45, 2.75) is 36.0 Å². The Kier molecular flexibility index (Phi) is 5.63. The van der Waals surface area contributed by atoms with Crippen molar-refractivity contribution >= 4 is 26.0 Å². The van der Waals surface area contributed by atoms with Gasteiger partial charge in [-0.15, -0.1) is 0 Å². The number of piperidine rings is 1. The number of rotatable bonds is 6. The highest BCUT2D eigenvalue weighted by molar-refractivity contribution is 7.90. The number of carbonyl (C=O) groups is 1. The molecule has 1 aliphatic rings. The number of aryl methyl sites for hydroxylation is 1. The molecule has 134 valence electrons. The van der Waals surface area contributed by atoms with Crippen molar-refractivity contribution in [2.24, 2.45) is 0 Å². The Morgan fingerprint density at radius 2 is 1.79 bits per heavy atom. The predicted molar refractivity (Wildman–Crippen MR) is 86.6 cm³/mol. The van der Waals surface area contributed by atoms with Gasteiger partial charge in [-0.05, 0) is 37.5 Å². The second-order valence-corrected chi connectivity index (χ2v) is 9.28. The molecule has 0 atom stereocenters. The van der Waals surface area contributed by atoms with Gasteiger partial charge in [-0.1, -0.05) is 12.5 Å². The molecule has 1 aromatic rings. The van der Waals surface area contributed by atoms with Crippen molar-refractivity contribution in [1.82, 2.24) is 9.03 Å². The van der Waals surface area contributed by atoms with Crippen LogP contribution in [0.4, 0.5) is 0 Å². The summed E-state index contributed by atoms with van der Waals surface area (Å²) in [7, 11) is -7.88. The molecule has 0 aliphatic carbocycles. The lowest BCUT2D eigenvalue weighted by molar-refractivity contribution is -0.135. The zero-order valence-electron chi connectivity index (χ0n) is 13.2. The van der Waals surface area contributed by atoms with E-state index in [1.165, 1.54) is 23.4 Å². The normalized spacial score (nSPS) is 16.9. The van der Waals surface area contributed by atoms with Crippen LogP contribution in [0.3, 0.4) is 0 Å². The van der Waals surface area contributed by atoms with Gasteiger partial charge in [-0.2, -0.15) is 9.03 Å². The largest absolute Gasteiger partial charge is 0.480 e. The van der Waals surface area contributed by atoms with Crippen LogP contribution >= 0.6 is 0 Å². The fraction of sp³-hybridized carbons (Fsp3) is 0.500. The molecule has 1 saturated heterocycles. The van der Waals surface area contributed by atoms with E-state index in [2.05, 4.69) is 0 Å². The molecule has 8 nitrogen and oxygen atoms in total. The number of nitrogens with zero attached hydrogens (tertiary/aromatic N) is 1. The molecule has 0 bridgehead atoms. The summed E-state index contributed by atoms with van der Waals surface area (Å²) in [5.41, 5.74) is 0.338. The van der Waals surface area contributed by atoms with Crippen LogP contribution in [0, 0.1) is 6.92 Å². The quantitative estimate of drug-likeness (QED) is 0.747. The van der Waals surface area contributed by atoms with E-state index >= 15 is 0 Å². The zero-order valence-corrected chi connectivity index (χ0v) is 14.9. The SMILES string of the molecule is Cc1ccc(S(=O)(=O)N2CCCCC2)cc1S(=O)(=O)NCC(=O)O. The average Bonchev–Trinajstić information content (AvgIpc) is 2.54.